The van der Waals surface area contributed by atoms with Crippen molar-refractivity contribution in [1.29, 1.82) is 0 Å². The lowest BCUT2D eigenvalue weighted by atomic mass is 10.1. The Morgan fingerprint density at radius 3 is 2.60 bits per heavy atom. The van der Waals surface area contributed by atoms with Crippen LogP contribution in [0.25, 0.3) is 21.8 Å². The van der Waals surface area contributed by atoms with Crippen LogP contribution in [-0.4, -0.2) is 24.9 Å². The molecule has 0 aliphatic rings. The molecule has 0 saturated heterocycles. The Morgan fingerprint density at radius 1 is 1.15 bits per heavy atom. The van der Waals surface area contributed by atoms with Crippen molar-refractivity contribution in [2.24, 2.45) is 0 Å². The summed E-state index contributed by atoms with van der Waals surface area (Å²) in [5.41, 5.74) is 2.01. The summed E-state index contributed by atoms with van der Waals surface area (Å²) < 4.78 is 6.47. The van der Waals surface area contributed by atoms with E-state index in [4.69, 9.17) is 21.2 Å². The molecule has 0 fully saturated rings. The first kappa shape index (κ1) is 12.8. The molecule has 0 N–H and O–H groups in total. The van der Waals surface area contributed by atoms with E-state index < -0.39 is 0 Å². The number of carbonyl (C=O) groups is 1. The Balaban J connectivity index is 2.56. The minimum absolute atomic E-state index is 0.384. The van der Waals surface area contributed by atoms with Crippen molar-refractivity contribution >= 4 is 39.4 Å². The lowest BCUT2D eigenvalue weighted by Gasteiger charge is -2.05. The maximum atomic E-state index is 11.9. The van der Waals surface area contributed by atoms with Crippen molar-refractivity contribution < 1.29 is 14.4 Å². The molecule has 1 heterocycles. The molecule has 3 rings (SSSR count). The van der Waals surface area contributed by atoms with Crippen LogP contribution in [-0.2, 0) is 4.74 Å². The van der Waals surface area contributed by atoms with Crippen molar-refractivity contribution in [3.05, 3.63) is 47.0 Å². The molecule has 4 nitrogen and oxygen atoms in total. The zero-order valence-corrected chi connectivity index (χ0v) is 11.8. The first-order valence-electron chi connectivity index (χ1n) is 6.03. The Labute approximate surface area is 120 Å². The Hall–Kier alpha value is -2.20. The van der Waals surface area contributed by atoms with Crippen LogP contribution in [0.5, 0.6) is 0 Å². The summed E-state index contributed by atoms with van der Waals surface area (Å²) in [5.74, 6) is -0.384. The van der Waals surface area contributed by atoms with Gasteiger partial charge in [-0.15, -0.1) is 0 Å². The van der Waals surface area contributed by atoms with Gasteiger partial charge < -0.3 is 9.57 Å². The van der Waals surface area contributed by atoms with Crippen LogP contribution in [0.15, 0.2) is 36.4 Å². The third-order valence-electron chi connectivity index (χ3n) is 3.31. The molecule has 0 aliphatic heterocycles. The van der Waals surface area contributed by atoms with Gasteiger partial charge in [-0.05, 0) is 18.2 Å². The number of hydrogen-bond donors (Lipinski definition) is 0. The largest absolute Gasteiger partial charge is 0.465 e. The smallest absolute Gasteiger partial charge is 0.338 e. The van der Waals surface area contributed by atoms with Crippen LogP contribution < -0.4 is 4.84 Å². The SMILES string of the molecule is COC(=O)c1cccc2c1c1cccc(Cl)c1n2OC. The van der Waals surface area contributed by atoms with Crippen LogP contribution >= 0.6 is 11.6 Å². The summed E-state index contributed by atoms with van der Waals surface area (Å²) in [6.07, 6.45) is 0. The van der Waals surface area contributed by atoms with Crippen molar-refractivity contribution in [3.8, 4) is 0 Å². The molecule has 0 spiro atoms. The molecule has 1 aromatic heterocycles. The predicted molar refractivity (Wildman–Crippen MR) is 78.3 cm³/mol. The van der Waals surface area contributed by atoms with Gasteiger partial charge in [-0.3, -0.25) is 0 Å². The van der Waals surface area contributed by atoms with Gasteiger partial charge in [0, 0.05) is 10.8 Å². The van der Waals surface area contributed by atoms with E-state index in [1.54, 1.807) is 30.0 Å². The average Bonchev–Trinajstić information content (AvgIpc) is 2.81. The van der Waals surface area contributed by atoms with Gasteiger partial charge in [0.2, 0.25) is 0 Å². The number of aromatic nitrogens is 1. The second-order valence-corrected chi connectivity index (χ2v) is 4.71. The van der Waals surface area contributed by atoms with Gasteiger partial charge >= 0.3 is 5.97 Å². The number of esters is 1. The summed E-state index contributed by atoms with van der Waals surface area (Å²) >= 11 is 6.26. The summed E-state index contributed by atoms with van der Waals surface area (Å²) in [6.45, 7) is 0. The standard InChI is InChI=1S/C15H12ClNO3/c1-19-15(18)10-6-4-8-12-13(10)9-5-3-7-11(16)14(9)17(12)20-2/h3-8H,1-2H3. The minimum Gasteiger partial charge on any atom is -0.465 e. The average molecular weight is 290 g/mol. The number of halogens is 1. The van der Waals surface area contributed by atoms with Crippen molar-refractivity contribution in [2.45, 2.75) is 0 Å². The number of fused-ring (bicyclic) bond motifs is 3. The fraction of sp³-hybridized carbons (Fsp3) is 0.133. The quantitative estimate of drug-likeness (QED) is 0.680. The first-order chi connectivity index (χ1) is 9.69. The van der Waals surface area contributed by atoms with E-state index in [2.05, 4.69) is 0 Å². The number of methoxy groups -OCH3 is 1. The Kier molecular flexibility index (Phi) is 3.03. The molecular formula is C15H12ClNO3. The Bertz CT molecular complexity index is 823. The van der Waals surface area contributed by atoms with Gasteiger partial charge in [-0.2, -0.15) is 4.73 Å². The molecule has 0 amide bonds. The minimum atomic E-state index is -0.384. The van der Waals surface area contributed by atoms with E-state index in [0.717, 1.165) is 21.8 Å². The summed E-state index contributed by atoms with van der Waals surface area (Å²) in [5, 5.41) is 2.20. The summed E-state index contributed by atoms with van der Waals surface area (Å²) in [4.78, 5) is 17.4. The van der Waals surface area contributed by atoms with Crippen LogP contribution in [0.3, 0.4) is 0 Å². The fourth-order valence-corrected chi connectivity index (χ4v) is 2.76. The monoisotopic (exact) mass is 289 g/mol. The summed E-state index contributed by atoms with van der Waals surface area (Å²) in [7, 11) is 2.93. The second-order valence-electron chi connectivity index (χ2n) is 4.30. The maximum Gasteiger partial charge on any atom is 0.338 e. The molecular weight excluding hydrogens is 278 g/mol. The molecule has 20 heavy (non-hydrogen) atoms. The zero-order valence-electron chi connectivity index (χ0n) is 11.0. The van der Waals surface area contributed by atoms with E-state index in [-0.39, 0.29) is 5.97 Å². The first-order valence-corrected chi connectivity index (χ1v) is 6.41. The molecule has 5 heteroatoms. The van der Waals surface area contributed by atoms with E-state index >= 15 is 0 Å². The second kappa shape index (κ2) is 4.72. The van der Waals surface area contributed by atoms with Gasteiger partial charge in [-0.25, -0.2) is 4.79 Å². The van der Waals surface area contributed by atoms with E-state index in [1.807, 2.05) is 18.2 Å². The number of carbonyl (C=O) groups excluding carboxylic acids is 1. The van der Waals surface area contributed by atoms with Gasteiger partial charge in [-0.1, -0.05) is 29.8 Å². The van der Waals surface area contributed by atoms with Gasteiger partial charge in [0.05, 0.1) is 23.2 Å². The number of rotatable bonds is 2. The van der Waals surface area contributed by atoms with Gasteiger partial charge in [0.1, 0.15) is 12.6 Å². The summed E-state index contributed by atoms with van der Waals surface area (Å²) in [6, 6.07) is 10.9. The van der Waals surface area contributed by atoms with E-state index in [1.165, 1.54) is 7.11 Å². The highest BCUT2D eigenvalue weighted by molar-refractivity contribution is 6.36. The van der Waals surface area contributed by atoms with Crippen LogP contribution in [0.1, 0.15) is 10.4 Å². The molecule has 102 valence electrons. The number of para-hydroxylation sites is 1. The highest BCUT2D eigenvalue weighted by Gasteiger charge is 2.19. The number of ether oxygens (including phenoxy) is 1. The molecule has 0 radical (unpaired) electrons. The lowest BCUT2D eigenvalue weighted by Crippen LogP contribution is -2.06. The van der Waals surface area contributed by atoms with Crippen molar-refractivity contribution in [3.63, 3.8) is 0 Å². The zero-order chi connectivity index (χ0) is 14.3. The lowest BCUT2D eigenvalue weighted by molar-refractivity contribution is 0.0603. The number of nitrogens with zero attached hydrogens (tertiary/aromatic N) is 1. The van der Waals surface area contributed by atoms with Gasteiger partial charge in [0.15, 0.2) is 0 Å². The number of benzene rings is 2. The fourth-order valence-electron chi connectivity index (χ4n) is 2.51. The predicted octanol–water partition coefficient (Wildman–Crippen LogP) is 3.29. The molecule has 0 aliphatic carbocycles. The van der Waals surface area contributed by atoms with Gasteiger partial charge in [0.25, 0.3) is 0 Å². The molecule has 0 bridgehead atoms. The third kappa shape index (κ3) is 1.65. The number of hydrogen-bond acceptors (Lipinski definition) is 3. The van der Waals surface area contributed by atoms with E-state index in [0.29, 0.717) is 10.6 Å². The normalized spacial score (nSPS) is 10.9. The topological polar surface area (TPSA) is 40.5 Å². The molecule has 0 saturated carbocycles. The van der Waals surface area contributed by atoms with Crippen LogP contribution in [0.2, 0.25) is 5.02 Å². The highest BCUT2D eigenvalue weighted by Crippen LogP contribution is 2.34. The molecule has 3 aromatic rings. The van der Waals surface area contributed by atoms with E-state index in [9.17, 15) is 4.79 Å². The van der Waals surface area contributed by atoms with Crippen molar-refractivity contribution in [1.82, 2.24) is 4.73 Å². The maximum absolute atomic E-state index is 11.9. The Morgan fingerprint density at radius 2 is 1.90 bits per heavy atom. The van der Waals surface area contributed by atoms with Crippen LogP contribution in [0, 0.1) is 0 Å². The molecule has 2 aromatic carbocycles. The molecule has 0 unspecified atom stereocenters. The third-order valence-corrected chi connectivity index (χ3v) is 3.61. The van der Waals surface area contributed by atoms with Crippen molar-refractivity contribution in [2.75, 3.05) is 14.2 Å². The van der Waals surface area contributed by atoms with Crippen LogP contribution in [0.4, 0.5) is 0 Å². The molecule has 0 atom stereocenters. The highest BCUT2D eigenvalue weighted by atomic mass is 35.5.